The fourth-order valence-electron chi connectivity index (χ4n) is 2.91. The van der Waals surface area contributed by atoms with Gasteiger partial charge in [0.05, 0.1) is 0 Å². The lowest BCUT2D eigenvalue weighted by Crippen LogP contribution is -2.36. The summed E-state index contributed by atoms with van der Waals surface area (Å²) in [4.78, 5) is 24.5. The van der Waals surface area contributed by atoms with Gasteiger partial charge in [0.1, 0.15) is 0 Å². The topological polar surface area (TPSA) is 99.0 Å². The van der Waals surface area contributed by atoms with Gasteiger partial charge in [-0.25, -0.2) is 4.79 Å². The molecule has 1 heterocycles. The molecule has 0 bridgehead atoms. The Balaban J connectivity index is 1.70. The Morgan fingerprint density at radius 2 is 2.00 bits per heavy atom. The SMILES string of the molecule is Cc1nnnn1/C(=C\c1ccccc1)C(=O)OCC(=O)NC1CCCC1. The Hall–Kier alpha value is -3.03. The van der Waals surface area contributed by atoms with Gasteiger partial charge in [0.2, 0.25) is 0 Å². The van der Waals surface area contributed by atoms with Crippen molar-refractivity contribution in [2.45, 2.75) is 38.6 Å². The van der Waals surface area contributed by atoms with Gasteiger partial charge < -0.3 is 10.1 Å². The molecule has 0 aliphatic heterocycles. The number of amides is 1. The van der Waals surface area contributed by atoms with E-state index in [1.807, 2.05) is 30.3 Å². The molecule has 1 N–H and O–H groups in total. The van der Waals surface area contributed by atoms with Gasteiger partial charge in [-0.1, -0.05) is 43.2 Å². The zero-order chi connectivity index (χ0) is 18.4. The van der Waals surface area contributed by atoms with E-state index in [0.717, 1.165) is 31.2 Å². The van der Waals surface area contributed by atoms with Gasteiger partial charge in [0.25, 0.3) is 5.91 Å². The number of carbonyl (C=O) groups excluding carboxylic acids is 2. The standard InChI is InChI=1S/C18H21N5O3/c1-13-20-21-22-23(13)16(11-14-7-3-2-4-8-14)18(25)26-12-17(24)19-15-9-5-6-10-15/h2-4,7-8,11,15H,5-6,9-10,12H2,1H3,(H,19,24)/b16-11-. The van der Waals surface area contributed by atoms with Crippen LogP contribution in [0.15, 0.2) is 30.3 Å². The van der Waals surface area contributed by atoms with Gasteiger partial charge in [-0.05, 0) is 41.8 Å². The second kappa shape index (κ2) is 8.37. The number of aryl methyl sites for hydroxylation is 1. The molecular formula is C18H21N5O3. The summed E-state index contributed by atoms with van der Waals surface area (Å²) in [7, 11) is 0. The normalized spacial score (nSPS) is 15.0. The van der Waals surface area contributed by atoms with E-state index >= 15 is 0 Å². The van der Waals surface area contributed by atoms with Crippen LogP contribution in [0.1, 0.15) is 37.1 Å². The zero-order valence-corrected chi connectivity index (χ0v) is 14.6. The molecule has 3 rings (SSSR count). The van der Waals surface area contributed by atoms with Crippen molar-refractivity contribution >= 4 is 23.6 Å². The van der Waals surface area contributed by atoms with Crippen molar-refractivity contribution in [1.29, 1.82) is 0 Å². The number of nitrogens with one attached hydrogen (secondary N) is 1. The van der Waals surface area contributed by atoms with Crippen LogP contribution in [-0.2, 0) is 14.3 Å². The summed E-state index contributed by atoms with van der Waals surface area (Å²) in [6.07, 6.45) is 5.81. The largest absolute Gasteiger partial charge is 0.451 e. The minimum atomic E-state index is -0.661. The Morgan fingerprint density at radius 1 is 1.27 bits per heavy atom. The summed E-state index contributed by atoms with van der Waals surface area (Å²) in [6.45, 7) is 1.35. The third-order valence-electron chi connectivity index (χ3n) is 4.22. The zero-order valence-electron chi connectivity index (χ0n) is 14.6. The van der Waals surface area contributed by atoms with Crippen molar-refractivity contribution in [3.8, 4) is 0 Å². The van der Waals surface area contributed by atoms with Crippen molar-refractivity contribution < 1.29 is 14.3 Å². The first-order chi connectivity index (χ1) is 12.6. The van der Waals surface area contributed by atoms with Gasteiger partial charge in [-0.15, -0.1) is 5.10 Å². The number of rotatable bonds is 6. The third kappa shape index (κ3) is 4.53. The van der Waals surface area contributed by atoms with E-state index in [2.05, 4.69) is 20.8 Å². The summed E-state index contributed by atoms with van der Waals surface area (Å²) in [5.41, 5.74) is 0.942. The first-order valence-electron chi connectivity index (χ1n) is 8.62. The molecule has 8 nitrogen and oxygen atoms in total. The molecule has 0 radical (unpaired) electrons. The van der Waals surface area contributed by atoms with Crippen LogP contribution < -0.4 is 5.32 Å². The van der Waals surface area contributed by atoms with Gasteiger partial charge >= 0.3 is 5.97 Å². The highest BCUT2D eigenvalue weighted by atomic mass is 16.5. The monoisotopic (exact) mass is 355 g/mol. The van der Waals surface area contributed by atoms with Gasteiger partial charge in [-0.3, -0.25) is 4.79 Å². The summed E-state index contributed by atoms with van der Waals surface area (Å²) in [6, 6.07) is 9.47. The van der Waals surface area contributed by atoms with Crippen molar-refractivity contribution in [3.63, 3.8) is 0 Å². The second-order valence-electron chi connectivity index (χ2n) is 6.20. The first kappa shape index (κ1) is 17.8. The highest BCUT2D eigenvalue weighted by Gasteiger charge is 2.21. The molecule has 8 heteroatoms. The highest BCUT2D eigenvalue weighted by molar-refractivity contribution is 6.15. The maximum absolute atomic E-state index is 12.6. The van der Waals surface area contributed by atoms with Crippen LogP contribution >= 0.6 is 0 Å². The van der Waals surface area contributed by atoms with Crippen LogP contribution in [0.3, 0.4) is 0 Å². The number of aromatic nitrogens is 4. The first-order valence-corrected chi connectivity index (χ1v) is 8.62. The fraction of sp³-hybridized carbons (Fsp3) is 0.389. The Labute approximate surface area is 151 Å². The Kier molecular flexibility index (Phi) is 5.73. The molecule has 1 amide bonds. The van der Waals surface area contributed by atoms with Crippen molar-refractivity contribution in [2.75, 3.05) is 6.61 Å². The molecular weight excluding hydrogens is 334 g/mol. The molecule has 1 aromatic carbocycles. The van der Waals surface area contributed by atoms with Crippen LogP contribution in [0.5, 0.6) is 0 Å². The number of benzene rings is 1. The van der Waals surface area contributed by atoms with Crippen molar-refractivity contribution in [2.24, 2.45) is 0 Å². The molecule has 1 aromatic heterocycles. The van der Waals surface area contributed by atoms with E-state index < -0.39 is 5.97 Å². The fourth-order valence-corrected chi connectivity index (χ4v) is 2.91. The van der Waals surface area contributed by atoms with Crippen molar-refractivity contribution in [3.05, 3.63) is 41.7 Å². The number of nitrogens with zero attached hydrogens (tertiary/aromatic N) is 4. The molecule has 0 spiro atoms. The smallest absolute Gasteiger partial charge is 0.357 e. The second-order valence-corrected chi connectivity index (χ2v) is 6.20. The number of hydrogen-bond acceptors (Lipinski definition) is 6. The quantitative estimate of drug-likeness (QED) is 0.624. The molecule has 0 unspecified atom stereocenters. The van der Waals surface area contributed by atoms with E-state index in [-0.39, 0.29) is 24.3 Å². The maximum atomic E-state index is 12.6. The molecule has 1 aliphatic carbocycles. The van der Waals surface area contributed by atoms with Gasteiger partial charge in [0, 0.05) is 6.04 Å². The summed E-state index contributed by atoms with van der Waals surface area (Å²) < 4.78 is 6.49. The lowest BCUT2D eigenvalue weighted by molar-refractivity contribution is -0.143. The molecule has 26 heavy (non-hydrogen) atoms. The summed E-state index contributed by atoms with van der Waals surface area (Å²) in [5, 5.41) is 14.1. The van der Waals surface area contributed by atoms with E-state index in [0.29, 0.717) is 5.82 Å². The Morgan fingerprint density at radius 3 is 2.65 bits per heavy atom. The molecule has 1 fully saturated rings. The predicted molar refractivity (Wildman–Crippen MR) is 94.5 cm³/mol. The molecule has 1 saturated carbocycles. The van der Waals surface area contributed by atoms with E-state index in [9.17, 15) is 9.59 Å². The number of hydrogen-bond donors (Lipinski definition) is 1. The minimum absolute atomic E-state index is 0.146. The van der Waals surface area contributed by atoms with Gasteiger partial charge in [-0.2, -0.15) is 4.68 Å². The average molecular weight is 355 g/mol. The molecule has 0 atom stereocenters. The van der Waals surface area contributed by atoms with Crippen molar-refractivity contribution in [1.82, 2.24) is 25.5 Å². The lowest BCUT2D eigenvalue weighted by Gasteiger charge is -2.13. The molecule has 0 saturated heterocycles. The Bertz CT molecular complexity index is 794. The van der Waals surface area contributed by atoms with Crippen LogP contribution in [0.4, 0.5) is 0 Å². The predicted octanol–water partition coefficient (Wildman–Crippen LogP) is 1.58. The van der Waals surface area contributed by atoms with E-state index in [1.165, 1.54) is 4.68 Å². The van der Waals surface area contributed by atoms with Crippen LogP contribution in [-0.4, -0.2) is 44.7 Å². The lowest BCUT2D eigenvalue weighted by atomic mass is 10.2. The number of esters is 1. The highest BCUT2D eigenvalue weighted by Crippen LogP contribution is 2.17. The maximum Gasteiger partial charge on any atom is 0.357 e. The molecule has 2 aromatic rings. The number of tetrazole rings is 1. The molecule has 1 aliphatic rings. The minimum Gasteiger partial charge on any atom is -0.451 e. The summed E-state index contributed by atoms with van der Waals surface area (Å²) in [5.74, 6) is -0.511. The van der Waals surface area contributed by atoms with E-state index in [4.69, 9.17) is 4.74 Å². The van der Waals surface area contributed by atoms with Crippen LogP contribution in [0.25, 0.3) is 11.8 Å². The average Bonchev–Trinajstić information content (AvgIpc) is 3.30. The van der Waals surface area contributed by atoms with Gasteiger partial charge in [0.15, 0.2) is 18.1 Å². The van der Waals surface area contributed by atoms with E-state index in [1.54, 1.807) is 13.0 Å². The van der Waals surface area contributed by atoms with Crippen LogP contribution in [0.2, 0.25) is 0 Å². The molecule has 136 valence electrons. The number of carbonyl (C=O) groups is 2. The number of ether oxygens (including phenoxy) is 1. The summed E-state index contributed by atoms with van der Waals surface area (Å²) >= 11 is 0. The van der Waals surface area contributed by atoms with Crippen LogP contribution in [0, 0.1) is 6.92 Å². The third-order valence-corrected chi connectivity index (χ3v) is 4.22.